The maximum Gasteiger partial charge on any atom is 0.254 e. The molecule has 1 unspecified atom stereocenters. The Morgan fingerprint density at radius 1 is 1.23 bits per heavy atom. The van der Waals surface area contributed by atoms with Crippen molar-refractivity contribution >= 4 is 35.0 Å². The highest BCUT2D eigenvalue weighted by atomic mass is 16.5. The molecule has 0 bridgehead atoms. The second-order valence-electron chi connectivity index (χ2n) is 7.93. The van der Waals surface area contributed by atoms with E-state index in [9.17, 15) is 9.59 Å². The van der Waals surface area contributed by atoms with Crippen molar-refractivity contribution < 1.29 is 14.3 Å². The number of carbonyl (C=O) groups excluding carboxylic acids is 2. The number of ether oxygens (including phenoxy) is 1. The summed E-state index contributed by atoms with van der Waals surface area (Å²) in [6.07, 6.45) is 3.53. The molecular formula is C21H27N7O3. The van der Waals surface area contributed by atoms with Gasteiger partial charge in [0.25, 0.3) is 5.91 Å². The van der Waals surface area contributed by atoms with Gasteiger partial charge in [0.1, 0.15) is 11.9 Å². The van der Waals surface area contributed by atoms with Crippen LogP contribution in [0.25, 0.3) is 0 Å². The Morgan fingerprint density at radius 3 is 2.61 bits per heavy atom. The zero-order valence-electron chi connectivity index (χ0n) is 17.7. The molecule has 2 aromatic rings. The minimum atomic E-state index is -0.564. The normalized spacial score (nSPS) is 18.4. The van der Waals surface area contributed by atoms with E-state index in [-0.39, 0.29) is 17.5 Å². The highest BCUT2D eigenvalue weighted by molar-refractivity contribution is 5.97. The molecule has 4 rings (SSSR count). The van der Waals surface area contributed by atoms with Crippen LogP contribution in [0.4, 0.5) is 23.1 Å². The van der Waals surface area contributed by atoms with E-state index in [1.165, 1.54) is 6.20 Å². The molecule has 2 aliphatic rings. The Kier molecular flexibility index (Phi) is 5.90. The molecule has 1 saturated carbocycles. The van der Waals surface area contributed by atoms with E-state index in [4.69, 9.17) is 10.5 Å². The molecule has 164 valence electrons. The fourth-order valence-electron chi connectivity index (χ4n) is 3.43. The van der Waals surface area contributed by atoms with E-state index in [2.05, 4.69) is 25.5 Å². The molecule has 1 aliphatic carbocycles. The van der Waals surface area contributed by atoms with Crippen LogP contribution in [-0.4, -0.2) is 72.6 Å². The summed E-state index contributed by atoms with van der Waals surface area (Å²) in [5.74, 6) is 0.266. The second-order valence-corrected chi connectivity index (χ2v) is 7.93. The molecule has 2 amide bonds. The van der Waals surface area contributed by atoms with Gasteiger partial charge in [-0.2, -0.15) is 4.98 Å². The first kappa shape index (κ1) is 20.9. The number of nitrogens with one attached hydrogen (secondary N) is 2. The molecule has 2 fully saturated rings. The van der Waals surface area contributed by atoms with Crippen molar-refractivity contribution in [2.45, 2.75) is 24.9 Å². The zero-order chi connectivity index (χ0) is 22.0. The average Bonchev–Trinajstić information content (AvgIpc) is 3.58. The molecule has 10 heteroatoms. The Balaban J connectivity index is 1.49. The number of nitrogens with two attached hydrogens (primary N) is 1. The standard InChI is InChI=1S/C21H27N7O3/c1-27(2)20(30)17-12-31-10-9-28(17)15-7-5-14(6-8-15)25-21-23-11-16(18(22)29)19(26-21)24-13-3-4-13/h5-8,11,13,17H,3-4,9-10,12H2,1-2H3,(H2,22,29)(H2,23,24,25,26). The fraction of sp³-hybridized carbons (Fsp3) is 0.429. The number of carbonyl (C=O) groups is 2. The van der Waals surface area contributed by atoms with E-state index in [1.807, 2.05) is 24.3 Å². The van der Waals surface area contributed by atoms with Gasteiger partial charge < -0.3 is 30.9 Å². The number of aromatic nitrogens is 2. The van der Waals surface area contributed by atoms with Crippen molar-refractivity contribution in [3.8, 4) is 0 Å². The maximum absolute atomic E-state index is 12.5. The number of anilines is 4. The molecule has 1 atom stereocenters. The molecule has 31 heavy (non-hydrogen) atoms. The number of benzene rings is 1. The average molecular weight is 425 g/mol. The van der Waals surface area contributed by atoms with Gasteiger partial charge in [0.2, 0.25) is 11.9 Å². The second kappa shape index (κ2) is 8.76. The van der Waals surface area contributed by atoms with Gasteiger partial charge in [-0.25, -0.2) is 4.98 Å². The number of hydrogen-bond acceptors (Lipinski definition) is 8. The number of nitrogens with zero attached hydrogens (tertiary/aromatic N) is 4. The quantitative estimate of drug-likeness (QED) is 0.604. The van der Waals surface area contributed by atoms with Crippen molar-refractivity contribution in [3.63, 3.8) is 0 Å². The van der Waals surface area contributed by atoms with Gasteiger partial charge in [0.15, 0.2) is 0 Å². The maximum atomic E-state index is 12.5. The van der Waals surface area contributed by atoms with Gasteiger partial charge >= 0.3 is 0 Å². The van der Waals surface area contributed by atoms with Gasteiger partial charge in [-0.15, -0.1) is 0 Å². The van der Waals surface area contributed by atoms with Crippen molar-refractivity contribution in [2.75, 3.05) is 49.4 Å². The van der Waals surface area contributed by atoms with Crippen LogP contribution in [0, 0.1) is 0 Å². The predicted molar refractivity (Wildman–Crippen MR) is 118 cm³/mol. The molecule has 2 heterocycles. The van der Waals surface area contributed by atoms with Gasteiger partial charge in [0, 0.05) is 44.3 Å². The summed E-state index contributed by atoms with van der Waals surface area (Å²) in [6.45, 7) is 1.59. The first-order valence-corrected chi connectivity index (χ1v) is 10.3. The summed E-state index contributed by atoms with van der Waals surface area (Å²) < 4.78 is 5.52. The molecule has 4 N–H and O–H groups in total. The third-order valence-electron chi connectivity index (χ3n) is 5.28. The predicted octanol–water partition coefficient (Wildman–Crippen LogP) is 1.19. The van der Waals surface area contributed by atoms with E-state index >= 15 is 0 Å². The number of amides is 2. The smallest absolute Gasteiger partial charge is 0.254 e. The SMILES string of the molecule is CN(C)C(=O)C1COCCN1c1ccc(Nc2ncc(C(N)=O)c(NC3CC3)n2)cc1. The van der Waals surface area contributed by atoms with Crippen molar-refractivity contribution in [3.05, 3.63) is 36.0 Å². The zero-order valence-corrected chi connectivity index (χ0v) is 17.7. The number of rotatable bonds is 7. The van der Waals surface area contributed by atoms with Gasteiger partial charge in [0.05, 0.1) is 18.8 Å². The van der Waals surface area contributed by atoms with Crippen LogP contribution >= 0.6 is 0 Å². The van der Waals surface area contributed by atoms with Crippen LogP contribution < -0.4 is 21.3 Å². The summed E-state index contributed by atoms with van der Waals surface area (Å²) in [4.78, 5) is 36.4. The first-order valence-electron chi connectivity index (χ1n) is 10.3. The minimum Gasteiger partial charge on any atom is -0.377 e. The summed E-state index contributed by atoms with van der Waals surface area (Å²) >= 11 is 0. The van der Waals surface area contributed by atoms with Crippen molar-refractivity contribution in [1.29, 1.82) is 0 Å². The van der Waals surface area contributed by atoms with Crippen molar-refractivity contribution in [2.24, 2.45) is 5.73 Å². The molecule has 1 aromatic heterocycles. The van der Waals surface area contributed by atoms with Crippen LogP contribution in [0.3, 0.4) is 0 Å². The van der Waals surface area contributed by atoms with Crippen molar-refractivity contribution in [1.82, 2.24) is 14.9 Å². The highest BCUT2D eigenvalue weighted by Gasteiger charge is 2.30. The third kappa shape index (κ3) is 4.85. The van der Waals surface area contributed by atoms with Crippen LogP contribution in [0.15, 0.2) is 30.5 Å². The fourth-order valence-corrected chi connectivity index (χ4v) is 3.43. The summed E-state index contributed by atoms with van der Waals surface area (Å²) in [5.41, 5.74) is 7.44. The molecule has 1 saturated heterocycles. The van der Waals surface area contributed by atoms with E-state index in [1.54, 1.807) is 19.0 Å². The third-order valence-corrected chi connectivity index (χ3v) is 5.28. The lowest BCUT2D eigenvalue weighted by Crippen LogP contribution is -2.53. The molecule has 0 radical (unpaired) electrons. The van der Waals surface area contributed by atoms with Crippen LogP contribution in [0.5, 0.6) is 0 Å². The number of primary amides is 1. The lowest BCUT2D eigenvalue weighted by molar-refractivity contribution is -0.132. The lowest BCUT2D eigenvalue weighted by atomic mass is 10.1. The topological polar surface area (TPSA) is 126 Å². The van der Waals surface area contributed by atoms with Gasteiger partial charge in [-0.3, -0.25) is 9.59 Å². The number of hydrogen-bond donors (Lipinski definition) is 3. The number of likely N-dealkylation sites (N-methyl/N-ethyl adjacent to an activating group) is 1. The Labute approximate surface area is 180 Å². The monoisotopic (exact) mass is 425 g/mol. The van der Waals surface area contributed by atoms with Gasteiger partial charge in [-0.05, 0) is 37.1 Å². The molecule has 10 nitrogen and oxygen atoms in total. The summed E-state index contributed by atoms with van der Waals surface area (Å²) in [7, 11) is 3.50. The van der Waals surface area contributed by atoms with Crippen LogP contribution in [0.2, 0.25) is 0 Å². The summed E-state index contributed by atoms with van der Waals surface area (Å²) in [5, 5.41) is 6.38. The van der Waals surface area contributed by atoms with Gasteiger partial charge in [-0.1, -0.05) is 0 Å². The minimum absolute atomic E-state index is 0.0144. The largest absolute Gasteiger partial charge is 0.377 e. The van der Waals surface area contributed by atoms with Crippen LogP contribution in [0.1, 0.15) is 23.2 Å². The highest BCUT2D eigenvalue weighted by Crippen LogP contribution is 2.27. The molecule has 1 aliphatic heterocycles. The Bertz CT molecular complexity index is 960. The lowest BCUT2D eigenvalue weighted by Gasteiger charge is -2.37. The van der Waals surface area contributed by atoms with E-state index < -0.39 is 5.91 Å². The van der Waals surface area contributed by atoms with E-state index in [0.29, 0.717) is 37.6 Å². The first-order chi connectivity index (χ1) is 14.9. The summed E-state index contributed by atoms with van der Waals surface area (Å²) in [6, 6.07) is 7.69. The van der Waals surface area contributed by atoms with E-state index in [0.717, 1.165) is 24.2 Å². The molecule has 0 spiro atoms. The molecular weight excluding hydrogens is 398 g/mol. The van der Waals surface area contributed by atoms with Crippen LogP contribution in [-0.2, 0) is 9.53 Å². The Morgan fingerprint density at radius 2 is 1.97 bits per heavy atom. The number of morpholine rings is 1. The molecule has 1 aromatic carbocycles. The Hall–Kier alpha value is -3.40.